The molecule has 70 valence electrons. The van der Waals surface area contributed by atoms with Crippen LogP contribution in [0.2, 0.25) is 0 Å². The molecule has 0 aliphatic heterocycles. The second kappa shape index (κ2) is 3.94. The highest BCUT2D eigenvalue weighted by atomic mass is 16.8. The van der Waals surface area contributed by atoms with Crippen molar-refractivity contribution in [3.05, 3.63) is 0 Å². The van der Waals surface area contributed by atoms with E-state index in [9.17, 15) is 4.79 Å². The predicted molar refractivity (Wildman–Crippen MR) is 42.1 cm³/mol. The van der Waals surface area contributed by atoms with Gasteiger partial charge in [0.15, 0.2) is 0 Å². The van der Waals surface area contributed by atoms with Crippen LogP contribution in [-0.4, -0.2) is 25.0 Å². The van der Waals surface area contributed by atoms with Crippen molar-refractivity contribution in [1.82, 2.24) is 0 Å². The van der Waals surface area contributed by atoms with E-state index in [0.717, 1.165) is 7.11 Å². The number of hydrogen-bond donors (Lipinski definition) is 1. The van der Waals surface area contributed by atoms with E-state index in [4.69, 9.17) is 10.1 Å². The maximum Gasteiger partial charge on any atom is 0.517 e. The highest BCUT2D eigenvalue weighted by molar-refractivity contribution is 5.78. The molecule has 0 amide bonds. The van der Waals surface area contributed by atoms with E-state index in [1.54, 1.807) is 20.8 Å². The Morgan fingerprint density at radius 1 is 1.33 bits per heavy atom. The van der Waals surface area contributed by atoms with Crippen LogP contribution in [0, 0.1) is 5.41 Å². The van der Waals surface area contributed by atoms with Gasteiger partial charge in [-0.25, -0.2) is 10.2 Å². The Hall–Kier alpha value is -1.26. The van der Waals surface area contributed by atoms with Crippen LogP contribution >= 0.6 is 0 Å². The molecule has 0 unspecified atom stereocenters. The summed E-state index contributed by atoms with van der Waals surface area (Å²) in [5.74, 6) is 0. The third-order valence-corrected chi connectivity index (χ3v) is 0.742. The molecular formula is C7H13NO4. The largest absolute Gasteiger partial charge is 0.517 e. The number of ether oxygens (including phenoxy) is 3. The van der Waals surface area contributed by atoms with Gasteiger partial charge in [0.05, 0.1) is 7.11 Å². The lowest BCUT2D eigenvalue weighted by Crippen LogP contribution is -2.26. The summed E-state index contributed by atoms with van der Waals surface area (Å²) < 4.78 is 13.3. The molecule has 0 saturated heterocycles. The van der Waals surface area contributed by atoms with Crippen molar-refractivity contribution in [1.29, 1.82) is 5.41 Å². The Morgan fingerprint density at radius 3 is 2.17 bits per heavy atom. The van der Waals surface area contributed by atoms with Gasteiger partial charge in [-0.15, -0.1) is 0 Å². The Balaban J connectivity index is 3.83. The van der Waals surface area contributed by atoms with Crippen LogP contribution in [0.15, 0.2) is 0 Å². The normalized spacial score (nSPS) is 10.3. The molecule has 0 spiro atoms. The minimum Gasteiger partial charge on any atom is -0.445 e. The maximum absolute atomic E-state index is 10.4. The zero-order valence-electron chi connectivity index (χ0n) is 7.63. The van der Waals surface area contributed by atoms with Crippen LogP contribution in [-0.2, 0) is 14.2 Å². The van der Waals surface area contributed by atoms with Crippen LogP contribution in [0.1, 0.15) is 20.8 Å². The second-order valence-corrected chi connectivity index (χ2v) is 3.06. The summed E-state index contributed by atoms with van der Waals surface area (Å²) in [4.78, 5) is 10.4. The Bertz CT molecular complexity index is 182. The number of carbonyl (C=O) groups is 1. The molecule has 0 aliphatic rings. The summed E-state index contributed by atoms with van der Waals surface area (Å²) in [6, 6.07) is 0. The zero-order valence-corrected chi connectivity index (χ0v) is 7.63. The molecule has 12 heavy (non-hydrogen) atoms. The predicted octanol–water partition coefficient (Wildman–Crippen LogP) is 1.52. The highest BCUT2D eigenvalue weighted by Crippen LogP contribution is 2.07. The average molecular weight is 175 g/mol. The minimum absolute atomic E-state index is 0.550. The highest BCUT2D eigenvalue weighted by Gasteiger charge is 2.17. The van der Waals surface area contributed by atoms with E-state index in [-0.39, 0.29) is 0 Å². The van der Waals surface area contributed by atoms with Gasteiger partial charge in [0, 0.05) is 0 Å². The lowest BCUT2D eigenvalue weighted by molar-refractivity contribution is 0.0488. The van der Waals surface area contributed by atoms with E-state index < -0.39 is 17.8 Å². The molecule has 0 aromatic rings. The van der Waals surface area contributed by atoms with Gasteiger partial charge in [-0.1, -0.05) is 0 Å². The third-order valence-electron chi connectivity index (χ3n) is 0.742. The topological polar surface area (TPSA) is 68.6 Å². The smallest absolute Gasteiger partial charge is 0.445 e. The average Bonchev–Trinajstić information content (AvgIpc) is 1.82. The second-order valence-electron chi connectivity index (χ2n) is 3.06. The van der Waals surface area contributed by atoms with Crippen molar-refractivity contribution in [2.75, 3.05) is 7.11 Å². The molecule has 0 radical (unpaired) electrons. The van der Waals surface area contributed by atoms with Crippen LogP contribution in [0.5, 0.6) is 0 Å². The fourth-order valence-corrected chi connectivity index (χ4v) is 0.416. The summed E-state index contributed by atoms with van der Waals surface area (Å²) in [6.45, 7) is 5.21. The first-order chi connectivity index (χ1) is 5.35. The van der Waals surface area contributed by atoms with Gasteiger partial charge in [0.25, 0.3) is 0 Å². The number of nitrogens with one attached hydrogen (secondary N) is 1. The first-order valence-corrected chi connectivity index (χ1v) is 3.38. The molecule has 0 rings (SSSR count). The van der Waals surface area contributed by atoms with E-state index in [0.29, 0.717) is 0 Å². The van der Waals surface area contributed by atoms with Gasteiger partial charge in [0.1, 0.15) is 5.60 Å². The Morgan fingerprint density at radius 2 is 1.83 bits per heavy atom. The molecule has 0 atom stereocenters. The minimum atomic E-state index is -0.954. The standard InChI is InChI=1S/C7H13NO4/c1-7(2,3)12-5(8)11-6(9)10-4/h8H,1-4H3. The summed E-state index contributed by atoms with van der Waals surface area (Å²) >= 11 is 0. The number of methoxy groups -OCH3 is 1. The molecule has 0 aliphatic carbocycles. The fourth-order valence-electron chi connectivity index (χ4n) is 0.416. The summed E-state index contributed by atoms with van der Waals surface area (Å²) in [5.41, 5.74) is -0.550. The fraction of sp³-hybridized carbons (Fsp3) is 0.714. The van der Waals surface area contributed by atoms with Crippen molar-refractivity contribution >= 4 is 12.2 Å². The first kappa shape index (κ1) is 10.7. The van der Waals surface area contributed by atoms with E-state index in [1.807, 2.05) is 0 Å². The lowest BCUT2D eigenvalue weighted by atomic mass is 10.2. The van der Waals surface area contributed by atoms with Gasteiger partial charge in [-0.05, 0) is 20.8 Å². The van der Waals surface area contributed by atoms with Crippen LogP contribution in [0.3, 0.4) is 0 Å². The Labute approximate surface area is 71.1 Å². The van der Waals surface area contributed by atoms with E-state index >= 15 is 0 Å². The maximum atomic E-state index is 10.4. The van der Waals surface area contributed by atoms with E-state index in [2.05, 4.69) is 9.47 Å². The van der Waals surface area contributed by atoms with Crippen LogP contribution in [0.25, 0.3) is 0 Å². The molecule has 5 heteroatoms. The van der Waals surface area contributed by atoms with Gasteiger partial charge >= 0.3 is 12.2 Å². The molecular weight excluding hydrogens is 162 g/mol. The zero-order chi connectivity index (χ0) is 9.78. The van der Waals surface area contributed by atoms with Gasteiger partial charge in [-0.3, -0.25) is 0 Å². The molecule has 0 aromatic carbocycles. The molecule has 0 aromatic heterocycles. The molecule has 5 nitrogen and oxygen atoms in total. The van der Waals surface area contributed by atoms with E-state index in [1.165, 1.54) is 0 Å². The SMILES string of the molecule is COC(=O)OC(=N)OC(C)(C)C. The monoisotopic (exact) mass is 175 g/mol. The first-order valence-electron chi connectivity index (χ1n) is 3.38. The molecule has 0 fully saturated rings. The van der Waals surface area contributed by atoms with Gasteiger partial charge in [-0.2, -0.15) is 0 Å². The van der Waals surface area contributed by atoms with Gasteiger partial charge < -0.3 is 14.2 Å². The van der Waals surface area contributed by atoms with Crippen molar-refractivity contribution in [3.63, 3.8) is 0 Å². The molecule has 0 heterocycles. The van der Waals surface area contributed by atoms with Crippen molar-refractivity contribution < 1.29 is 19.0 Å². The van der Waals surface area contributed by atoms with Crippen LogP contribution < -0.4 is 0 Å². The van der Waals surface area contributed by atoms with Crippen molar-refractivity contribution in [2.45, 2.75) is 26.4 Å². The lowest BCUT2D eigenvalue weighted by Gasteiger charge is -2.19. The number of rotatable bonds is 0. The molecule has 1 N–H and O–H groups in total. The number of carbonyl (C=O) groups excluding carboxylic acids is 1. The Kier molecular flexibility index (Phi) is 3.53. The van der Waals surface area contributed by atoms with Crippen molar-refractivity contribution in [3.8, 4) is 0 Å². The summed E-state index contributed by atoms with van der Waals surface area (Å²) in [5, 5.41) is 7.03. The summed E-state index contributed by atoms with van der Waals surface area (Å²) in [6.07, 6.45) is -1.52. The summed E-state index contributed by atoms with van der Waals surface area (Å²) in [7, 11) is 1.16. The third kappa shape index (κ3) is 5.52. The van der Waals surface area contributed by atoms with Gasteiger partial charge in [0.2, 0.25) is 0 Å². The quantitative estimate of drug-likeness (QED) is 0.344. The number of hydrogen-bond acceptors (Lipinski definition) is 5. The van der Waals surface area contributed by atoms with Crippen molar-refractivity contribution in [2.24, 2.45) is 0 Å². The molecule has 0 saturated carbocycles. The molecule has 0 bridgehead atoms. The van der Waals surface area contributed by atoms with Crippen LogP contribution in [0.4, 0.5) is 4.79 Å².